The molecule has 0 bridgehead atoms. The van der Waals surface area contributed by atoms with Gasteiger partial charge in [-0.15, -0.1) is 0 Å². The molecule has 0 radical (unpaired) electrons. The largest absolute Gasteiger partial charge is 0.453 e. The summed E-state index contributed by atoms with van der Waals surface area (Å²) in [5.41, 5.74) is 20.1. The van der Waals surface area contributed by atoms with Crippen LogP contribution in [-0.4, -0.2) is 106 Å². The Hall–Kier alpha value is -5.63. The maximum absolute atomic E-state index is 13.1. The van der Waals surface area contributed by atoms with E-state index < -0.39 is 60.1 Å². The molecule has 2 aromatic heterocycles. The maximum Gasteiger partial charge on any atom is 0.338 e. The third kappa shape index (κ3) is 10.2. The van der Waals surface area contributed by atoms with Crippen molar-refractivity contribution in [3.05, 3.63) is 149 Å². The van der Waals surface area contributed by atoms with Crippen LogP contribution in [0.25, 0.3) is 20.9 Å². The zero-order valence-electron chi connectivity index (χ0n) is 50.0. The van der Waals surface area contributed by atoms with Gasteiger partial charge in [-0.05, 0) is 196 Å². The van der Waals surface area contributed by atoms with Crippen molar-refractivity contribution >= 4 is 5.97 Å². The van der Waals surface area contributed by atoms with Crippen LogP contribution < -0.4 is 11.3 Å². The number of benzene rings is 1. The SMILES string of the molecule is C[C@H]1[C@@H](N=[N+]=[N-])COC(O[C@@H]2C=C3CCC4C(CC[C@]5(C)[C@@H](c6ccc(=O)oc6)CC[C@]45O)[C@@]3(C)CC2)[C@H]1OC(=O)c1ccccc1.C[C@]12CC[C@H](OC3OC[C@H](N=[N+]=[N-])[C@H](O)[C@@H]3O)C=C1CCC1C2CC[C@]2(C)[C@@H](c3ccc(=O)oc3)CC[C@]12O. The number of carbonyl (C=O) groups is 1. The van der Waals surface area contributed by atoms with Crippen LogP contribution in [0.4, 0.5) is 0 Å². The lowest BCUT2D eigenvalue weighted by molar-refractivity contribution is -0.259. The van der Waals surface area contributed by atoms with E-state index in [2.05, 4.69) is 59.9 Å². The molecule has 1 aromatic carbocycles. The molecular formula is C66H84N6O14. The molecule has 4 N–H and O–H groups in total. The molecule has 6 unspecified atom stereocenters. The zero-order chi connectivity index (χ0) is 60.6. The van der Waals surface area contributed by atoms with Crippen molar-refractivity contribution in [2.45, 2.75) is 216 Å². The first-order valence-corrected chi connectivity index (χ1v) is 31.5. The summed E-state index contributed by atoms with van der Waals surface area (Å²) in [5, 5.41) is 53.2. The molecule has 3 aromatic rings. The van der Waals surface area contributed by atoms with Crippen molar-refractivity contribution in [1.29, 1.82) is 0 Å². The number of carbonyl (C=O) groups excluding carboxylic acids is 1. The second kappa shape index (κ2) is 23.4. The van der Waals surface area contributed by atoms with Crippen LogP contribution in [0.1, 0.15) is 171 Å². The maximum atomic E-state index is 13.1. The fraction of sp³-hybridized carbons (Fsp3) is 0.682. The number of nitrogens with zero attached hydrogens (tertiary/aromatic N) is 6. The summed E-state index contributed by atoms with van der Waals surface area (Å²) in [7, 11) is 0. The molecule has 10 aliphatic rings. The number of fused-ring (bicyclic) bond motifs is 10. The Bertz CT molecular complexity index is 3270. The number of aliphatic hydroxyl groups is 4. The van der Waals surface area contributed by atoms with Crippen molar-refractivity contribution < 1.29 is 57.7 Å². The Morgan fingerprint density at radius 1 is 0.593 bits per heavy atom. The van der Waals surface area contributed by atoms with Gasteiger partial charge in [0.05, 0.1) is 72.9 Å². The van der Waals surface area contributed by atoms with E-state index in [1.165, 1.54) is 23.3 Å². The minimum absolute atomic E-state index is 0.00874. The van der Waals surface area contributed by atoms with E-state index in [9.17, 15) is 34.8 Å². The van der Waals surface area contributed by atoms with Crippen LogP contribution in [0, 0.1) is 51.2 Å². The molecule has 8 fully saturated rings. The number of azide groups is 2. The monoisotopic (exact) mass is 1180 g/mol. The predicted molar refractivity (Wildman–Crippen MR) is 314 cm³/mol. The molecule has 2 aliphatic heterocycles. The van der Waals surface area contributed by atoms with E-state index in [0.717, 1.165) is 114 Å². The smallest absolute Gasteiger partial charge is 0.338 e. The van der Waals surface area contributed by atoms with Crippen molar-refractivity contribution in [1.82, 2.24) is 0 Å². The Kier molecular flexibility index (Phi) is 16.5. The first-order valence-electron chi connectivity index (χ1n) is 31.5. The van der Waals surface area contributed by atoms with Gasteiger partial charge in [-0.25, -0.2) is 14.4 Å². The number of hydrogen-bond donors (Lipinski definition) is 4. The van der Waals surface area contributed by atoms with Gasteiger partial charge in [-0.2, -0.15) is 0 Å². The molecule has 462 valence electrons. The predicted octanol–water partition coefficient (Wildman–Crippen LogP) is 11.0. The van der Waals surface area contributed by atoms with Gasteiger partial charge >= 0.3 is 17.2 Å². The summed E-state index contributed by atoms with van der Waals surface area (Å²) < 4.78 is 40.9. The number of hydrogen-bond acceptors (Lipinski definition) is 16. The third-order valence-corrected chi connectivity index (χ3v) is 24.3. The van der Waals surface area contributed by atoms with Crippen LogP contribution in [0.3, 0.4) is 0 Å². The lowest BCUT2D eigenvalue weighted by atomic mass is 9.45. The quantitative estimate of drug-likeness (QED) is 0.0482. The van der Waals surface area contributed by atoms with Crippen molar-refractivity contribution in [3.63, 3.8) is 0 Å². The fourth-order valence-electron chi connectivity index (χ4n) is 19.3. The zero-order valence-corrected chi connectivity index (χ0v) is 50.0. The van der Waals surface area contributed by atoms with Crippen LogP contribution in [0.2, 0.25) is 0 Å². The highest BCUT2D eigenvalue weighted by Crippen LogP contribution is 2.72. The standard InChI is InChI=1S/C37H45N3O7.C29H39N3O7/c1-22-30(39-40-38)21-45-34(32(22)47-33(42)23-7-5-4-6-8-23)46-26-13-16-35(2)25(19-26)10-11-29-28(35)14-17-36(3)27(15-18-37(29,36)43)24-9-12-31(41)44-20-24;1-27-10-7-18(39-26-25(35)24(34)22(15-38-26)31-32-30)13-17(27)4-5-21-20(27)8-11-28(2)19(9-12-29(21,28)36)16-3-6-23(33)37-14-16/h4-9,12,19-20,22,26-30,32,34,43H,10-11,13-18,21H2,1-3H3;3,6,13-14,18-22,24-26,34-36H,4-5,7-12,15H2,1-2H3/t22-,26-,27+,28?,29?,30-,32-,34?,35-,36+,37-;18-,19+,20?,21?,22-,24-,25-,26?,27-,28+,29-/m00/s1. The second-order valence-electron chi connectivity index (χ2n) is 27.9. The highest BCUT2D eigenvalue weighted by Gasteiger charge is 2.68. The fourth-order valence-corrected chi connectivity index (χ4v) is 19.3. The average molecular weight is 1190 g/mol. The topological polar surface area (TPSA) is 302 Å². The van der Waals surface area contributed by atoms with E-state index in [-0.39, 0.29) is 87.9 Å². The second-order valence-corrected chi connectivity index (χ2v) is 27.9. The van der Waals surface area contributed by atoms with E-state index in [4.69, 9.17) is 43.6 Å². The van der Waals surface area contributed by atoms with Gasteiger partial charge in [0.1, 0.15) is 6.10 Å². The van der Waals surface area contributed by atoms with Crippen molar-refractivity contribution in [2.75, 3.05) is 13.2 Å². The summed E-state index contributed by atoms with van der Waals surface area (Å²) in [4.78, 5) is 42.0. The van der Waals surface area contributed by atoms with Gasteiger partial charge in [0, 0.05) is 38.7 Å². The van der Waals surface area contributed by atoms with Crippen LogP contribution in [0.15, 0.2) is 119 Å². The lowest BCUT2D eigenvalue weighted by Gasteiger charge is -2.62. The molecule has 86 heavy (non-hydrogen) atoms. The molecule has 2 saturated heterocycles. The van der Waals surface area contributed by atoms with Crippen LogP contribution >= 0.6 is 0 Å². The number of rotatable bonds is 10. The summed E-state index contributed by atoms with van der Waals surface area (Å²) >= 11 is 0. The Labute approximate surface area is 500 Å². The first-order chi connectivity index (χ1) is 41.2. The minimum Gasteiger partial charge on any atom is -0.453 e. The highest BCUT2D eigenvalue weighted by molar-refractivity contribution is 5.89. The Morgan fingerprint density at radius 2 is 1.08 bits per heavy atom. The number of allylic oxidation sites excluding steroid dienone is 2. The van der Waals surface area contributed by atoms with Crippen molar-refractivity contribution in [3.8, 4) is 0 Å². The van der Waals surface area contributed by atoms with Crippen LogP contribution in [0.5, 0.6) is 0 Å². The summed E-state index contributed by atoms with van der Waals surface area (Å²) in [6, 6.07) is 14.2. The molecule has 13 rings (SSSR count). The third-order valence-electron chi connectivity index (χ3n) is 24.3. The molecule has 22 atom stereocenters. The van der Waals surface area contributed by atoms with Gasteiger partial charge in [0.25, 0.3) is 0 Å². The normalized spacial score (nSPS) is 43.8. The lowest BCUT2D eigenvalue weighted by Crippen LogP contribution is -2.60. The molecule has 0 spiro atoms. The van der Waals surface area contributed by atoms with Gasteiger partial charge in [-0.3, -0.25) is 0 Å². The molecule has 20 heteroatoms. The number of esters is 1. The van der Waals surface area contributed by atoms with Gasteiger partial charge in [0.2, 0.25) is 0 Å². The molecule has 4 heterocycles. The number of ether oxygens (including phenoxy) is 5. The summed E-state index contributed by atoms with van der Waals surface area (Å²) in [6.45, 7) is 11.3. The average Bonchev–Trinajstić information content (AvgIpc) is 1.41. The van der Waals surface area contributed by atoms with Crippen molar-refractivity contribution in [2.24, 2.45) is 61.5 Å². The summed E-state index contributed by atoms with van der Waals surface area (Å²) in [6.07, 6.45) is 16.3. The Morgan fingerprint density at radius 3 is 1.58 bits per heavy atom. The van der Waals surface area contributed by atoms with E-state index in [1.807, 2.05) is 25.1 Å². The summed E-state index contributed by atoms with van der Waals surface area (Å²) in [5.74, 6) is 0.688. The van der Waals surface area contributed by atoms with Gasteiger partial charge in [0.15, 0.2) is 18.7 Å². The van der Waals surface area contributed by atoms with E-state index in [0.29, 0.717) is 17.4 Å². The van der Waals surface area contributed by atoms with Crippen LogP contribution in [-0.2, 0) is 23.7 Å². The van der Waals surface area contributed by atoms with E-state index in [1.54, 1.807) is 36.8 Å². The van der Waals surface area contributed by atoms with Gasteiger partial charge < -0.3 is 52.9 Å². The molecule has 0 amide bonds. The van der Waals surface area contributed by atoms with Gasteiger partial charge in [-0.1, -0.05) is 86.3 Å². The number of aliphatic hydroxyl groups excluding tert-OH is 2. The van der Waals surface area contributed by atoms with E-state index >= 15 is 0 Å². The first kappa shape index (κ1) is 60.6. The molecular weight excluding hydrogens is 1100 g/mol. The molecule has 8 aliphatic carbocycles. The molecule has 6 saturated carbocycles. The Balaban J connectivity index is 0.000000171. The highest BCUT2D eigenvalue weighted by atomic mass is 16.7. The molecule has 20 nitrogen and oxygen atoms in total. The minimum atomic E-state index is -1.30.